The van der Waals surface area contributed by atoms with Gasteiger partial charge in [0, 0.05) is 11.3 Å². The van der Waals surface area contributed by atoms with Crippen molar-refractivity contribution in [3.8, 4) is 28.1 Å². The van der Waals surface area contributed by atoms with Gasteiger partial charge in [0.05, 0.1) is 16.9 Å². The van der Waals surface area contributed by atoms with Crippen LogP contribution >= 0.6 is 0 Å². The van der Waals surface area contributed by atoms with Crippen LogP contribution in [-0.4, -0.2) is 9.78 Å². The topological polar surface area (TPSA) is 63.8 Å². The van der Waals surface area contributed by atoms with Gasteiger partial charge in [0.25, 0.3) is 5.56 Å². The van der Waals surface area contributed by atoms with Crippen molar-refractivity contribution in [3.63, 3.8) is 0 Å². The van der Waals surface area contributed by atoms with Crippen molar-refractivity contribution in [2.45, 2.75) is 13.8 Å². The molecular weight excluding hydrogens is 334 g/mol. The first-order chi connectivity index (χ1) is 13.0. The molecule has 0 aliphatic rings. The lowest BCUT2D eigenvalue weighted by Crippen LogP contribution is -2.16. The van der Waals surface area contributed by atoms with Crippen molar-refractivity contribution in [2.75, 3.05) is 5.73 Å². The fourth-order valence-corrected chi connectivity index (χ4v) is 3.30. The molecule has 0 spiro atoms. The Bertz CT molecular complexity index is 1150. The lowest BCUT2D eigenvalue weighted by Gasteiger charge is -2.07. The Hall–Kier alpha value is -3.53. The summed E-state index contributed by atoms with van der Waals surface area (Å²) in [5.41, 5.74) is 12.7. The highest BCUT2D eigenvalue weighted by Crippen LogP contribution is 2.29. The van der Waals surface area contributed by atoms with E-state index in [0.717, 1.165) is 33.6 Å². The van der Waals surface area contributed by atoms with Gasteiger partial charge < -0.3 is 5.73 Å². The molecule has 0 aliphatic carbocycles. The summed E-state index contributed by atoms with van der Waals surface area (Å²) in [5.74, 6) is 0. The first-order valence-electron chi connectivity index (χ1n) is 8.88. The van der Waals surface area contributed by atoms with Gasteiger partial charge in [-0.1, -0.05) is 54.6 Å². The zero-order valence-corrected chi connectivity index (χ0v) is 15.4. The minimum Gasteiger partial charge on any atom is -0.399 e. The summed E-state index contributed by atoms with van der Waals surface area (Å²) in [6.07, 6.45) is 0. The lowest BCUT2D eigenvalue weighted by atomic mass is 10.0. The number of hydrogen-bond donors (Lipinski definition) is 2. The summed E-state index contributed by atoms with van der Waals surface area (Å²) in [7, 11) is 0. The molecule has 0 unspecified atom stereocenters. The van der Waals surface area contributed by atoms with Crippen LogP contribution in [0.2, 0.25) is 0 Å². The van der Waals surface area contributed by atoms with Gasteiger partial charge in [0.2, 0.25) is 0 Å². The molecule has 1 heterocycles. The zero-order chi connectivity index (χ0) is 19.0. The van der Waals surface area contributed by atoms with E-state index in [9.17, 15) is 4.79 Å². The predicted octanol–water partition coefficient (Wildman–Crippen LogP) is 4.70. The predicted molar refractivity (Wildman–Crippen MR) is 111 cm³/mol. The Morgan fingerprint density at radius 2 is 1.56 bits per heavy atom. The average Bonchev–Trinajstić information content (AvgIpc) is 3.02. The largest absolute Gasteiger partial charge is 0.399 e. The van der Waals surface area contributed by atoms with Crippen molar-refractivity contribution in [1.82, 2.24) is 9.78 Å². The molecule has 0 atom stereocenters. The molecule has 0 aliphatic heterocycles. The average molecular weight is 355 g/mol. The SMILES string of the molecule is Cc1ccc(C)c(-n2[nH]c(-c3ccccc3)c(-c3ccc(N)cc3)c2=O)c1. The van der Waals surface area contributed by atoms with Gasteiger partial charge in [-0.3, -0.25) is 9.89 Å². The molecule has 27 heavy (non-hydrogen) atoms. The minimum atomic E-state index is -0.0766. The van der Waals surface area contributed by atoms with E-state index in [0.29, 0.717) is 11.3 Å². The van der Waals surface area contributed by atoms with Gasteiger partial charge in [-0.25, -0.2) is 4.68 Å². The van der Waals surface area contributed by atoms with E-state index >= 15 is 0 Å². The van der Waals surface area contributed by atoms with Gasteiger partial charge in [-0.15, -0.1) is 0 Å². The van der Waals surface area contributed by atoms with Crippen LogP contribution in [0.1, 0.15) is 11.1 Å². The number of nitrogens with two attached hydrogens (primary N) is 1. The van der Waals surface area contributed by atoms with Gasteiger partial charge >= 0.3 is 0 Å². The summed E-state index contributed by atoms with van der Waals surface area (Å²) >= 11 is 0. The van der Waals surface area contributed by atoms with E-state index in [-0.39, 0.29) is 5.56 Å². The summed E-state index contributed by atoms with van der Waals surface area (Å²) < 4.78 is 1.64. The molecule has 0 saturated heterocycles. The Morgan fingerprint density at radius 1 is 0.852 bits per heavy atom. The van der Waals surface area contributed by atoms with Crippen molar-refractivity contribution >= 4 is 5.69 Å². The van der Waals surface area contributed by atoms with Crippen LogP contribution in [0, 0.1) is 13.8 Å². The summed E-state index contributed by atoms with van der Waals surface area (Å²) in [6, 6.07) is 23.4. The molecule has 0 saturated carbocycles. The number of aromatic amines is 1. The number of rotatable bonds is 3. The number of nitrogens with one attached hydrogen (secondary N) is 1. The normalized spacial score (nSPS) is 10.9. The molecule has 0 bridgehead atoms. The fraction of sp³-hybridized carbons (Fsp3) is 0.0870. The first-order valence-corrected chi connectivity index (χ1v) is 8.88. The second-order valence-corrected chi connectivity index (χ2v) is 6.78. The molecule has 3 aromatic carbocycles. The van der Waals surface area contributed by atoms with E-state index < -0.39 is 0 Å². The number of aryl methyl sites for hydroxylation is 2. The maximum atomic E-state index is 13.4. The maximum absolute atomic E-state index is 13.4. The van der Waals surface area contributed by atoms with E-state index in [2.05, 4.69) is 5.10 Å². The minimum absolute atomic E-state index is 0.0766. The lowest BCUT2D eigenvalue weighted by molar-refractivity contribution is 0.844. The molecule has 134 valence electrons. The van der Waals surface area contributed by atoms with Gasteiger partial charge in [-0.05, 0) is 48.7 Å². The summed E-state index contributed by atoms with van der Waals surface area (Å²) in [6.45, 7) is 4.03. The first kappa shape index (κ1) is 16.9. The third kappa shape index (κ3) is 3.06. The number of H-pyrrole nitrogens is 1. The standard InChI is InChI=1S/C23H21N3O/c1-15-8-9-16(2)20(14-15)26-23(27)21(17-10-12-19(24)13-11-17)22(25-26)18-6-4-3-5-7-18/h3-14,25H,24H2,1-2H3. The maximum Gasteiger partial charge on any atom is 0.279 e. The van der Waals surface area contributed by atoms with Crippen LogP contribution in [0.15, 0.2) is 77.6 Å². The van der Waals surface area contributed by atoms with Crippen LogP contribution in [0.3, 0.4) is 0 Å². The van der Waals surface area contributed by atoms with E-state index in [1.54, 1.807) is 4.68 Å². The number of aromatic nitrogens is 2. The molecule has 4 aromatic rings. The Labute approximate surface area is 157 Å². The van der Waals surface area contributed by atoms with Crippen LogP contribution in [0.4, 0.5) is 5.69 Å². The highest BCUT2D eigenvalue weighted by Gasteiger charge is 2.19. The zero-order valence-electron chi connectivity index (χ0n) is 15.4. The van der Waals surface area contributed by atoms with E-state index in [4.69, 9.17) is 5.73 Å². The van der Waals surface area contributed by atoms with Crippen molar-refractivity contribution in [2.24, 2.45) is 0 Å². The van der Waals surface area contributed by atoms with Crippen molar-refractivity contribution < 1.29 is 0 Å². The second-order valence-electron chi connectivity index (χ2n) is 6.78. The van der Waals surface area contributed by atoms with E-state index in [1.165, 1.54) is 0 Å². The van der Waals surface area contributed by atoms with Gasteiger partial charge in [0.15, 0.2) is 0 Å². The molecule has 3 N–H and O–H groups in total. The molecule has 4 rings (SSSR count). The Morgan fingerprint density at radius 3 is 2.26 bits per heavy atom. The Kier molecular flexibility index (Phi) is 4.16. The van der Waals surface area contributed by atoms with Crippen LogP contribution < -0.4 is 11.3 Å². The number of nitrogen functional groups attached to an aromatic ring is 1. The molecule has 1 aromatic heterocycles. The summed E-state index contributed by atoms with van der Waals surface area (Å²) in [5, 5.41) is 3.34. The van der Waals surface area contributed by atoms with Gasteiger partial charge in [0.1, 0.15) is 0 Å². The molecular formula is C23H21N3O. The second kappa shape index (κ2) is 6.65. The molecule has 0 amide bonds. The quantitative estimate of drug-likeness (QED) is 0.523. The van der Waals surface area contributed by atoms with Crippen LogP contribution in [0.5, 0.6) is 0 Å². The third-order valence-electron chi connectivity index (χ3n) is 4.76. The fourth-order valence-electron chi connectivity index (χ4n) is 3.30. The molecule has 4 heteroatoms. The monoisotopic (exact) mass is 355 g/mol. The smallest absolute Gasteiger partial charge is 0.279 e. The number of anilines is 1. The number of hydrogen-bond acceptors (Lipinski definition) is 2. The van der Waals surface area contributed by atoms with Crippen LogP contribution in [-0.2, 0) is 0 Å². The highest BCUT2D eigenvalue weighted by molar-refractivity contribution is 5.81. The molecule has 4 nitrogen and oxygen atoms in total. The number of nitrogens with zero attached hydrogens (tertiary/aromatic N) is 1. The van der Waals surface area contributed by atoms with E-state index in [1.807, 2.05) is 86.6 Å². The highest BCUT2D eigenvalue weighted by atomic mass is 16.1. The van der Waals surface area contributed by atoms with Crippen molar-refractivity contribution in [1.29, 1.82) is 0 Å². The molecule has 0 fully saturated rings. The molecule has 0 radical (unpaired) electrons. The van der Waals surface area contributed by atoms with Crippen molar-refractivity contribution in [3.05, 3.63) is 94.3 Å². The summed E-state index contributed by atoms with van der Waals surface area (Å²) in [4.78, 5) is 13.4. The van der Waals surface area contributed by atoms with Crippen LogP contribution in [0.25, 0.3) is 28.1 Å². The third-order valence-corrected chi connectivity index (χ3v) is 4.76. The number of benzene rings is 3. The van der Waals surface area contributed by atoms with Gasteiger partial charge in [-0.2, -0.15) is 0 Å². The Balaban J connectivity index is 2.02.